The number of halogens is 3. The lowest BCUT2D eigenvalue weighted by atomic mass is 9.93. The number of benzene rings is 3. The molecular weight excluding hydrogens is 450 g/mol. The van der Waals surface area contributed by atoms with Crippen molar-refractivity contribution >= 4 is 51.8 Å². The zero-order chi connectivity index (χ0) is 21.9. The molecule has 0 aliphatic carbocycles. The van der Waals surface area contributed by atoms with Gasteiger partial charge >= 0.3 is 0 Å². The van der Waals surface area contributed by atoms with Gasteiger partial charge < -0.3 is 10.3 Å². The first-order valence-electron chi connectivity index (χ1n) is 9.46. The van der Waals surface area contributed by atoms with Gasteiger partial charge in [0.1, 0.15) is 17.4 Å². The first kappa shape index (κ1) is 21.6. The smallest absolute Gasteiger partial charge is 0.200 e. The van der Waals surface area contributed by atoms with Crippen LogP contribution in [0.3, 0.4) is 0 Å². The highest BCUT2D eigenvalue weighted by Gasteiger charge is 2.24. The first-order chi connectivity index (χ1) is 14.9. The lowest BCUT2D eigenvalue weighted by Gasteiger charge is -2.13. The Morgan fingerprint density at radius 2 is 1.88 bits per heavy atom. The van der Waals surface area contributed by atoms with Crippen LogP contribution in [0.25, 0.3) is 44.2 Å². The van der Waals surface area contributed by atoms with Gasteiger partial charge in [0.05, 0.1) is 33.6 Å². The summed E-state index contributed by atoms with van der Waals surface area (Å²) < 4.78 is 18.7. The molecule has 5 rings (SSSR count). The molecule has 0 fully saturated rings. The number of rotatable bonds is 2. The van der Waals surface area contributed by atoms with Gasteiger partial charge in [-0.05, 0) is 17.5 Å². The molecule has 0 saturated heterocycles. The number of nitrogens with two attached hydrogens (primary N) is 1. The van der Waals surface area contributed by atoms with Gasteiger partial charge in [-0.1, -0.05) is 41.9 Å². The maximum atomic E-state index is 15.4. The molecule has 0 spiro atoms. The van der Waals surface area contributed by atoms with Gasteiger partial charge in [-0.25, -0.2) is 9.37 Å². The van der Waals surface area contributed by atoms with E-state index in [-0.39, 0.29) is 23.5 Å². The maximum absolute atomic E-state index is 15.4. The molecule has 9 heteroatoms. The minimum atomic E-state index is -0.495. The summed E-state index contributed by atoms with van der Waals surface area (Å²) in [4.78, 5) is 4.47. The Kier molecular flexibility index (Phi) is 5.29. The van der Waals surface area contributed by atoms with Gasteiger partial charge in [0.15, 0.2) is 0 Å². The topological polar surface area (TPSA) is 85.5 Å². The van der Waals surface area contributed by atoms with Gasteiger partial charge in [-0.3, -0.25) is 4.68 Å². The third-order valence-corrected chi connectivity index (χ3v) is 5.89. The summed E-state index contributed by atoms with van der Waals surface area (Å²) in [5.74, 6) is -0.185. The fraction of sp³-hybridized carbons (Fsp3) is 0.0870. The zero-order valence-electron chi connectivity index (χ0n) is 17.1. The predicted molar refractivity (Wildman–Crippen MR) is 127 cm³/mol. The molecular formula is C23H17Cl2FN6. The van der Waals surface area contributed by atoms with Crippen molar-refractivity contribution in [2.75, 3.05) is 5.73 Å². The predicted octanol–water partition coefficient (Wildman–Crippen LogP) is 5.46. The number of anilines is 1. The molecule has 0 bridgehead atoms. The summed E-state index contributed by atoms with van der Waals surface area (Å²) in [5, 5.41) is 16.2. The maximum Gasteiger partial charge on any atom is 0.200 e. The summed E-state index contributed by atoms with van der Waals surface area (Å²) in [6.45, 7) is 0. The summed E-state index contributed by atoms with van der Waals surface area (Å²) in [7, 11) is 3.50. The number of nitrogens with zero attached hydrogens (tertiary/aromatic N) is 5. The van der Waals surface area contributed by atoms with Gasteiger partial charge in [-0.15, -0.1) is 12.4 Å². The number of imidazole rings is 1. The van der Waals surface area contributed by atoms with Crippen molar-refractivity contribution in [1.29, 1.82) is 5.26 Å². The highest BCUT2D eigenvalue weighted by atomic mass is 35.5. The highest BCUT2D eigenvalue weighted by Crippen LogP contribution is 2.41. The van der Waals surface area contributed by atoms with Crippen LogP contribution in [-0.4, -0.2) is 19.3 Å². The fourth-order valence-electron chi connectivity index (χ4n) is 4.10. The monoisotopic (exact) mass is 466 g/mol. The van der Waals surface area contributed by atoms with E-state index >= 15 is 4.39 Å². The van der Waals surface area contributed by atoms with E-state index in [1.165, 1.54) is 6.07 Å². The third kappa shape index (κ3) is 3.00. The summed E-state index contributed by atoms with van der Waals surface area (Å²) in [6.07, 6.45) is 1.64. The number of nitrogen functional groups attached to an aromatic ring is 1. The molecule has 6 nitrogen and oxygen atoms in total. The summed E-state index contributed by atoms with van der Waals surface area (Å²) in [6, 6.07) is 14.4. The lowest BCUT2D eigenvalue weighted by Crippen LogP contribution is -2.00. The second-order valence-corrected chi connectivity index (χ2v) is 7.70. The molecule has 2 heterocycles. The molecule has 0 aliphatic rings. The molecule has 0 radical (unpaired) electrons. The normalized spacial score (nSPS) is 11.0. The summed E-state index contributed by atoms with van der Waals surface area (Å²) in [5.41, 5.74) is 9.55. The standard InChI is InChI=1S/C23H16ClFN6.ClH/c1-30-22-17(24)8-7-14(20(22)29-23(30)27)16-11-28-31(2)21(16)19-15(10-26)13-6-4-3-5-12(13)9-18(19)25;/h3-9,11H,1-2H3,(H2,27,29);1H. The number of aromatic nitrogens is 4. The van der Waals surface area contributed by atoms with Crippen LogP contribution in [0.1, 0.15) is 5.56 Å². The Bertz CT molecular complexity index is 1560. The van der Waals surface area contributed by atoms with Crippen molar-refractivity contribution in [3.63, 3.8) is 0 Å². The molecule has 0 unspecified atom stereocenters. The lowest BCUT2D eigenvalue weighted by molar-refractivity contribution is 0.629. The molecule has 0 amide bonds. The number of hydrogen-bond donors (Lipinski definition) is 1. The second-order valence-electron chi connectivity index (χ2n) is 7.29. The summed E-state index contributed by atoms with van der Waals surface area (Å²) >= 11 is 6.40. The average molecular weight is 467 g/mol. The quantitative estimate of drug-likeness (QED) is 0.374. The minimum Gasteiger partial charge on any atom is -0.369 e. The van der Waals surface area contributed by atoms with Crippen molar-refractivity contribution in [2.24, 2.45) is 14.1 Å². The van der Waals surface area contributed by atoms with Gasteiger partial charge in [-0.2, -0.15) is 10.4 Å². The van der Waals surface area contributed by atoms with Crippen LogP contribution >= 0.6 is 24.0 Å². The molecule has 160 valence electrons. The molecule has 0 saturated carbocycles. The molecule has 2 aromatic heterocycles. The number of hydrogen-bond acceptors (Lipinski definition) is 4. The van der Waals surface area contributed by atoms with Crippen LogP contribution in [0.15, 0.2) is 48.7 Å². The largest absolute Gasteiger partial charge is 0.369 e. The van der Waals surface area contributed by atoms with Crippen LogP contribution < -0.4 is 5.73 Å². The van der Waals surface area contributed by atoms with Crippen LogP contribution in [0.4, 0.5) is 10.3 Å². The third-order valence-electron chi connectivity index (χ3n) is 5.59. The van der Waals surface area contributed by atoms with Crippen LogP contribution in [0.5, 0.6) is 0 Å². The highest BCUT2D eigenvalue weighted by molar-refractivity contribution is 6.35. The van der Waals surface area contributed by atoms with Crippen LogP contribution in [0, 0.1) is 17.1 Å². The van der Waals surface area contributed by atoms with Crippen LogP contribution in [0.2, 0.25) is 5.02 Å². The Morgan fingerprint density at radius 3 is 2.62 bits per heavy atom. The molecule has 5 aromatic rings. The van der Waals surface area contributed by atoms with Crippen molar-refractivity contribution in [3.05, 3.63) is 65.1 Å². The Morgan fingerprint density at radius 1 is 1.12 bits per heavy atom. The van der Waals surface area contributed by atoms with Crippen LogP contribution in [-0.2, 0) is 14.1 Å². The van der Waals surface area contributed by atoms with Crippen molar-refractivity contribution in [1.82, 2.24) is 19.3 Å². The molecule has 0 aliphatic heterocycles. The minimum absolute atomic E-state index is 0. The average Bonchev–Trinajstić information content (AvgIpc) is 3.27. The number of fused-ring (bicyclic) bond motifs is 2. The SMILES string of the molecule is Cl.Cn1ncc(-c2ccc(Cl)c3c2nc(N)n3C)c1-c1c(F)cc2ccccc2c1C#N. The van der Waals surface area contributed by atoms with Gasteiger partial charge in [0.2, 0.25) is 5.95 Å². The molecule has 2 N–H and O–H groups in total. The second kappa shape index (κ2) is 7.83. The van der Waals surface area contributed by atoms with E-state index in [9.17, 15) is 5.26 Å². The van der Waals surface area contributed by atoms with Gasteiger partial charge in [0.25, 0.3) is 0 Å². The Labute approximate surface area is 194 Å². The van der Waals surface area contributed by atoms with E-state index in [2.05, 4.69) is 16.2 Å². The number of aryl methyl sites for hydroxylation is 2. The Hall–Kier alpha value is -3.60. The van der Waals surface area contributed by atoms with Crippen molar-refractivity contribution < 1.29 is 4.39 Å². The van der Waals surface area contributed by atoms with Crippen molar-refractivity contribution in [3.8, 4) is 28.5 Å². The van der Waals surface area contributed by atoms with E-state index in [0.29, 0.717) is 49.6 Å². The molecule has 3 aromatic carbocycles. The Balaban J connectivity index is 0.00000245. The van der Waals surface area contributed by atoms with E-state index in [1.54, 1.807) is 41.7 Å². The molecule has 32 heavy (non-hydrogen) atoms. The zero-order valence-corrected chi connectivity index (χ0v) is 18.7. The fourth-order valence-corrected chi connectivity index (χ4v) is 4.38. The molecule has 0 atom stereocenters. The van der Waals surface area contributed by atoms with E-state index in [1.807, 2.05) is 24.3 Å². The van der Waals surface area contributed by atoms with Gasteiger partial charge in [0, 0.05) is 30.6 Å². The van der Waals surface area contributed by atoms with E-state index in [4.69, 9.17) is 17.3 Å². The number of nitriles is 1. The van der Waals surface area contributed by atoms with Crippen molar-refractivity contribution in [2.45, 2.75) is 0 Å². The van der Waals surface area contributed by atoms with E-state index < -0.39 is 5.82 Å². The van der Waals surface area contributed by atoms with E-state index in [0.717, 1.165) is 0 Å². The first-order valence-corrected chi connectivity index (χ1v) is 9.84.